The number of aliphatic carboxylic acids is 1. The van der Waals surface area contributed by atoms with Crippen LogP contribution in [0.15, 0.2) is 41.1 Å². The SMILES string of the molecule is COc1ccc2[nH]cc(-c3coc(C(=O)CCC(=O)O)c3)c2c1. The lowest BCUT2D eigenvalue weighted by Crippen LogP contribution is -2.02. The van der Waals surface area contributed by atoms with Gasteiger partial charge in [0.1, 0.15) is 5.75 Å². The van der Waals surface area contributed by atoms with Crippen molar-refractivity contribution in [1.82, 2.24) is 4.98 Å². The molecule has 3 aromatic rings. The van der Waals surface area contributed by atoms with E-state index in [1.165, 1.54) is 6.26 Å². The Balaban J connectivity index is 1.91. The molecule has 2 heterocycles. The lowest BCUT2D eigenvalue weighted by molar-refractivity contribution is -0.136. The summed E-state index contributed by atoms with van der Waals surface area (Å²) in [5.41, 5.74) is 2.59. The number of nitrogens with one attached hydrogen (secondary N) is 1. The van der Waals surface area contributed by atoms with Crippen molar-refractivity contribution in [1.29, 1.82) is 0 Å². The molecule has 0 amide bonds. The number of benzene rings is 1. The highest BCUT2D eigenvalue weighted by atomic mass is 16.5. The number of carboxylic acid groups (broad SMARTS) is 1. The second-order valence-corrected chi connectivity index (χ2v) is 5.13. The minimum Gasteiger partial charge on any atom is -0.497 e. The van der Waals surface area contributed by atoms with Crippen LogP contribution in [0.5, 0.6) is 5.75 Å². The van der Waals surface area contributed by atoms with Crippen molar-refractivity contribution in [2.24, 2.45) is 0 Å². The highest BCUT2D eigenvalue weighted by Crippen LogP contribution is 2.32. The van der Waals surface area contributed by atoms with Gasteiger partial charge in [-0.25, -0.2) is 0 Å². The number of ether oxygens (including phenoxy) is 1. The second-order valence-electron chi connectivity index (χ2n) is 5.13. The van der Waals surface area contributed by atoms with Gasteiger partial charge >= 0.3 is 5.97 Å². The number of fused-ring (bicyclic) bond motifs is 1. The molecular weight excluding hydrogens is 298 g/mol. The van der Waals surface area contributed by atoms with Gasteiger partial charge in [0.2, 0.25) is 0 Å². The van der Waals surface area contributed by atoms with E-state index in [2.05, 4.69) is 4.98 Å². The van der Waals surface area contributed by atoms with Gasteiger partial charge in [0.15, 0.2) is 11.5 Å². The Labute approximate surface area is 131 Å². The Kier molecular flexibility index (Phi) is 3.89. The number of H-pyrrole nitrogens is 1. The lowest BCUT2D eigenvalue weighted by Gasteiger charge is -2.00. The number of rotatable bonds is 6. The topological polar surface area (TPSA) is 92.5 Å². The standard InChI is InChI=1S/C17H15NO5/c1-22-11-2-3-14-12(7-11)13(8-18-14)10-6-16(23-9-10)15(19)4-5-17(20)21/h2-3,6-9,18H,4-5H2,1H3,(H,20,21). The number of carbonyl (C=O) groups excluding carboxylic acids is 1. The van der Waals surface area contributed by atoms with Gasteiger partial charge < -0.3 is 19.2 Å². The van der Waals surface area contributed by atoms with Crippen LogP contribution < -0.4 is 4.74 Å². The molecule has 0 saturated carbocycles. The van der Waals surface area contributed by atoms with Crippen LogP contribution in [0.2, 0.25) is 0 Å². The molecule has 0 radical (unpaired) electrons. The summed E-state index contributed by atoms with van der Waals surface area (Å²) >= 11 is 0. The van der Waals surface area contributed by atoms with Gasteiger partial charge in [0, 0.05) is 34.6 Å². The van der Waals surface area contributed by atoms with Crippen molar-refractivity contribution in [3.8, 4) is 16.9 Å². The Hall–Kier alpha value is -3.02. The quantitative estimate of drug-likeness (QED) is 0.680. The first-order valence-electron chi connectivity index (χ1n) is 7.07. The molecule has 0 fully saturated rings. The first-order chi connectivity index (χ1) is 11.1. The van der Waals surface area contributed by atoms with E-state index in [-0.39, 0.29) is 24.4 Å². The second kappa shape index (κ2) is 6.00. The van der Waals surface area contributed by atoms with Crippen molar-refractivity contribution >= 4 is 22.7 Å². The van der Waals surface area contributed by atoms with Crippen LogP contribution in [-0.2, 0) is 4.79 Å². The molecule has 118 valence electrons. The molecule has 23 heavy (non-hydrogen) atoms. The number of aromatic amines is 1. The normalized spacial score (nSPS) is 10.8. The van der Waals surface area contributed by atoms with Crippen LogP contribution in [-0.4, -0.2) is 29.0 Å². The number of hydrogen-bond donors (Lipinski definition) is 2. The average molecular weight is 313 g/mol. The number of carboxylic acids is 1. The summed E-state index contributed by atoms with van der Waals surface area (Å²) in [6.07, 6.45) is 3.04. The van der Waals surface area contributed by atoms with Gasteiger partial charge in [0.25, 0.3) is 0 Å². The van der Waals surface area contributed by atoms with E-state index in [0.29, 0.717) is 0 Å². The molecular formula is C17H15NO5. The molecule has 0 spiro atoms. The fraction of sp³-hybridized carbons (Fsp3) is 0.176. The summed E-state index contributed by atoms with van der Waals surface area (Å²) in [6.45, 7) is 0. The fourth-order valence-corrected chi connectivity index (χ4v) is 2.43. The Bertz CT molecular complexity index is 874. The smallest absolute Gasteiger partial charge is 0.303 e. The van der Waals surface area contributed by atoms with Crippen LogP contribution in [0.4, 0.5) is 0 Å². The van der Waals surface area contributed by atoms with Crippen molar-refractivity contribution < 1.29 is 23.8 Å². The highest BCUT2D eigenvalue weighted by molar-refractivity contribution is 5.99. The number of methoxy groups -OCH3 is 1. The van der Waals surface area contributed by atoms with Gasteiger partial charge in [-0.3, -0.25) is 9.59 Å². The molecule has 6 heteroatoms. The Morgan fingerprint density at radius 3 is 2.83 bits per heavy atom. The molecule has 0 unspecified atom stereocenters. The van der Waals surface area contributed by atoms with Gasteiger partial charge in [-0.2, -0.15) is 0 Å². The van der Waals surface area contributed by atoms with E-state index < -0.39 is 5.97 Å². The molecule has 0 aliphatic carbocycles. The number of hydrogen-bond acceptors (Lipinski definition) is 4. The number of Topliss-reactive ketones (excluding diaryl/α,β-unsaturated/α-hetero) is 1. The average Bonchev–Trinajstić information content (AvgIpc) is 3.18. The van der Waals surface area contributed by atoms with Gasteiger partial charge in [-0.15, -0.1) is 0 Å². The number of ketones is 1. The van der Waals surface area contributed by atoms with Crippen LogP contribution in [0, 0.1) is 0 Å². The lowest BCUT2D eigenvalue weighted by atomic mass is 10.1. The Morgan fingerprint density at radius 1 is 1.26 bits per heavy atom. The first kappa shape index (κ1) is 14.9. The summed E-state index contributed by atoms with van der Waals surface area (Å²) < 4.78 is 10.5. The molecule has 0 saturated heterocycles. The third-order valence-corrected chi connectivity index (χ3v) is 3.64. The van der Waals surface area contributed by atoms with Gasteiger partial charge in [-0.1, -0.05) is 0 Å². The van der Waals surface area contributed by atoms with Crippen LogP contribution in [0.1, 0.15) is 23.4 Å². The number of aromatic nitrogens is 1. The van der Waals surface area contributed by atoms with E-state index in [0.717, 1.165) is 27.8 Å². The molecule has 0 bridgehead atoms. The van der Waals surface area contributed by atoms with E-state index in [4.69, 9.17) is 14.3 Å². The number of furan rings is 1. The molecule has 2 aromatic heterocycles. The largest absolute Gasteiger partial charge is 0.497 e. The molecule has 0 aliphatic heterocycles. The monoisotopic (exact) mass is 313 g/mol. The van der Waals surface area contributed by atoms with Crippen molar-refractivity contribution in [2.75, 3.05) is 7.11 Å². The molecule has 0 aliphatic rings. The Morgan fingerprint density at radius 2 is 2.09 bits per heavy atom. The summed E-state index contributed by atoms with van der Waals surface area (Å²) in [6, 6.07) is 7.31. The first-order valence-corrected chi connectivity index (χ1v) is 7.07. The van der Waals surface area contributed by atoms with E-state index >= 15 is 0 Å². The van der Waals surface area contributed by atoms with E-state index in [1.807, 2.05) is 24.4 Å². The molecule has 1 aromatic carbocycles. The zero-order valence-corrected chi connectivity index (χ0v) is 12.5. The molecule has 2 N–H and O–H groups in total. The van der Waals surface area contributed by atoms with Gasteiger partial charge in [0.05, 0.1) is 19.8 Å². The van der Waals surface area contributed by atoms with Gasteiger partial charge in [-0.05, 0) is 24.3 Å². The van der Waals surface area contributed by atoms with Crippen LogP contribution in [0.25, 0.3) is 22.0 Å². The van der Waals surface area contributed by atoms with Crippen molar-refractivity contribution in [3.63, 3.8) is 0 Å². The molecule has 6 nitrogen and oxygen atoms in total. The summed E-state index contributed by atoms with van der Waals surface area (Å²) in [5.74, 6) is -0.428. The minimum absolute atomic E-state index is 0.0794. The maximum Gasteiger partial charge on any atom is 0.303 e. The molecule has 3 rings (SSSR count). The predicted octanol–water partition coefficient (Wildman–Crippen LogP) is 3.48. The van der Waals surface area contributed by atoms with Crippen LogP contribution >= 0.6 is 0 Å². The highest BCUT2D eigenvalue weighted by Gasteiger charge is 2.15. The van der Waals surface area contributed by atoms with Crippen LogP contribution in [0.3, 0.4) is 0 Å². The van der Waals surface area contributed by atoms with Crippen molar-refractivity contribution in [3.05, 3.63) is 42.5 Å². The summed E-state index contributed by atoms with van der Waals surface area (Å²) in [7, 11) is 1.60. The van der Waals surface area contributed by atoms with E-state index in [9.17, 15) is 9.59 Å². The summed E-state index contributed by atoms with van der Waals surface area (Å²) in [4.78, 5) is 25.6. The molecule has 0 atom stereocenters. The zero-order valence-electron chi connectivity index (χ0n) is 12.5. The zero-order chi connectivity index (χ0) is 16.4. The predicted molar refractivity (Wildman–Crippen MR) is 83.8 cm³/mol. The third-order valence-electron chi connectivity index (χ3n) is 3.64. The maximum absolute atomic E-state index is 11.9. The van der Waals surface area contributed by atoms with E-state index in [1.54, 1.807) is 13.2 Å². The summed E-state index contributed by atoms with van der Waals surface area (Å²) in [5, 5.41) is 9.59. The van der Waals surface area contributed by atoms with Crippen molar-refractivity contribution in [2.45, 2.75) is 12.8 Å². The third kappa shape index (κ3) is 2.96. The fourth-order valence-electron chi connectivity index (χ4n) is 2.43. The maximum atomic E-state index is 11.9. The minimum atomic E-state index is -1.01. The number of carbonyl (C=O) groups is 2.